The van der Waals surface area contributed by atoms with E-state index in [0.717, 1.165) is 36.2 Å². The number of hydrogen-bond donors (Lipinski definition) is 0. The van der Waals surface area contributed by atoms with Crippen LogP contribution in [0, 0.1) is 5.92 Å². The van der Waals surface area contributed by atoms with E-state index in [0.29, 0.717) is 19.5 Å². The number of benzene rings is 1. The summed E-state index contributed by atoms with van der Waals surface area (Å²) in [4.78, 5) is 33.6. The van der Waals surface area contributed by atoms with Gasteiger partial charge < -0.3 is 14.4 Å². The van der Waals surface area contributed by atoms with Gasteiger partial charge in [-0.05, 0) is 31.9 Å². The van der Waals surface area contributed by atoms with Gasteiger partial charge in [-0.3, -0.25) is 9.59 Å². The number of likely N-dealkylation sites (tertiary alicyclic amines) is 2. The van der Waals surface area contributed by atoms with Gasteiger partial charge in [0.15, 0.2) is 0 Å². The SMILES string of the molecule is CCN1CC(C(=O)N2CCCC2c2nc3ccccc3n2C)CC1=O. The summed E-state index contributed by atoms with van der Waals surface area (Å²) in [6.07, 6.45) is 2.26. The Morgan fingerprint density at radius 1 is 1.32 bits per heavy atom. The third kappa shape index (κ3) is 2.60. The monoisotopic (exact) mass is 340 g/mol. The second kappa shape index (κ2) is 6.17. The second-order valence-electron chi connectivity index (χ2n) is 7.04. The van der Waals surface area contributed by atoms with Crippen LogP contribution in [-0.2, 0) is 16.6 Å². The Balaban J connectivity index is 1.61. The Hall–Kier alpha value is -2.37. The summed E-state index contributed by atoms with van der Waals surface area (Å²) >= 11 is 0. The molecule has 0 N–H and O–H groups in total. The van der Waals surface area contributed by atoms with Crippen LogP contribution >= 0.6 is 0 Å². The van der Waals surface area contributed by atoms with E-state index in [1.165, 1.54) is 0 Å². The van der Waals surface area contributed by atoms with Crippen LogP contribution in [0.15, 0.2) is 24.3 Å². The Labute approximate surface area is 147 Å². The summed E-state index contributed by atoms with van der Waals surface area (Å²) < 4.78 is 2.10. The van der Waals surface area contributed by atoms with Crippen molar-refractivity contribution >= 4 is 22.8 Å². The van der Waals surface area contributed by atoms with Crippen LogP contribution in [0.5, 0.6) is 0 Å². The molecule has 0 bridgehead atoms. The summed E-state index contributed by atoms with van der Waals surface area (Å²) in [5, 5.41) is 0. The Kier molecular flexibility index (Phi) is 3.98. The number of aromatic nitrogens is 2. The van der Waals surface area contributed by atoms with Gasteiger partial charge in [0.25, 0.3) is 0 Å². The maximum Gasteiger partial charge on any atom is 0.228 e. The minimum absolute atomic E-state index is 0.00989. The smallest absolute Gasteiger partial charge is 0.228 e. The van der Waals surface area contributed by atoms with Crippen molar-refractivity contribution in [3.05, 3.63) is 30.1 Å². The highest BCUT2D eigenvalue weighted by Crippen LogP contribution is 2.35. The van der Waals surface area contributed by atoms with E-state index in [1.807, 2.05) is 37.1 Å². The fourth-order valence-electron chi connectivity index (χ4n) is 4.24. The molecule has 25 heavy (non-hydrogen) atoms. The molecule has 4 rings (SSSR count). The standard InChI is InChI=1S/C19H24N4O2/c1-3-22-12-13(11-17(22)24)19(25)23-10-6-9-16(23)18-20-14-7-4-5-8-15(14)21(18)2/h4-5,7-8,13,16H,3,6,9-12H2,1-2H3. The van der Waals surface area contributed by atoms with E-state index in [-0.39, 0.29) is 23.8 Å². The van der Waals surface area contributed by atoms with Crippen molar-refractivity contribution in [3.63, 3.8) is 0 Å². The molecule has 1 aromatic heterocycles. The molecule has 2 aromatic rings. The second-order valence-corrected chi connectivity index (χ2v) is 7.04. The highest BCUT2D eigenvalue weighted by Gasteiger charge is 2.40. The van der Waals surface area contributed by atoms with Crippen molar-refractivity contribution in [1.82, 2.24) is 19.4 Å². The number of carbonyl (C=O) groups excluding carboxylic acids is 2. The number of amides is 2. The first-order valence-corrected chi connectivity index (χ1v) is 9.09. The van der Waals surface area contributed by atoms with Crippen LogP contribution < -0.4 is 0 Å². The molecule has 0 spiro atoms. The lowest BCUT2D eigenvalue weighted by Gasteiger charge is -2.27. The number of carbonyl (C=O) groups is 2. The van der Waals surface area contributed by atoms with Crippen LogP contribution in [0.25, 0.3) is 11.0 Å². The molecule has 2 unspecified atom stereocenters. The summed E-state index contributed by atoms with van der Waals surface area (Å²) in [5.74, 6) is 0.949. The first-order valence-electron chi connectivity index (χ1n) is 9.09. The number of hydrogen-bond acceptors (Lipinski definition) is 3. The average molecular weight is 340 g/mol. The van der Waals surface area contributed by atoms with E-state index in [2.05, 4.69) is 10.6 Å². The van der Waals surface area contributed by atoms with Crippen LogP contribution in [0.2, 0.25) is 0 Å². The van der Waals surface area contributed by atoms with E-state index >= 15 is 0 Å². The van der Waals surface area contributed by atoms with E-state index in [4.69, 9.17) is 4.98 Å². The zero-order valence-corrected chi connectivity index (χ0v) is 14.8. The van der Waals surface area contributed by atoms with Gasteiger partial charge in [-0.15, -0.1) is 0 Å². The molecular formula is C19H24N4O2. The zero-order valence-electron chi connectivity index (χ0n) is 14.8. The number of imidazole rings is 1. The lowest BCUT2D eigenvalue weighted by Crippen LogP contribution is -2.37. The lowest BCUT2D eigenvalue weighted by molar-refractivity contribution is -0.136. The van der Waals surface area contributed by atoms with Gasteiger partial charge in [-0.1, -0.05) is 12.1 Å². The van der Waals surface area contributed by atoms with Gasteiger partial charge >= 0.3 is 0 Å². The Morgan fingerprint density at radius 2 is 2.12 bits per heavy atom. The molecule has 3 heterocycles. The molecular weight excluding hydrogens is 316 g/mol. The maximum absolute atomic E-state index is 13.1. The number of fused-ring (bicyclic) bond motifs is 1. The van der Waals surface area contributed by atoms with Crippen molar-refractivity contribution in [3.8, 4) is 0 Å². The molecule has 6 heteroatoms. The molecule has 0 aliphatic carbocycles. The third-order valence-electron chi connectivity index (χ3n) is 5.60. The van der Waals surface area contributed by atoms with Gasteiger partial charge in [-0.25, -0.2) is 4.98 Å². The van der Waals surface area contributed by atoms with Crippen LogP contribution in [0.3, 0.4) is 0 Å². The summed E-state index contributed by atoms with van der Waals surface area (Å²) in [7, 11) is 2.02. The number of nitrogens with zero attached hydrogens (tertiary/aromatic N) is 4. The van der Waals surface area contributed by atoms with Crippen LogP contribution in [-0.4, -0.2) is 50.8 Å². The summed E-state index contributed by atoms with van der Waals surface area (Å²) in [6, 6.07) is 8.07. The molecule has 2 fully saturated rings. The first-order chi connectivity index (χ1) is 12.1. The van der Waals surface area contributed by atoms with Gasteiger partial charge in [0.2, 0.25) is 11.8 Å². The predicted molar refractivity (Wildman–Crippen MR) is 94.8 cm³/mol. The summed E-state index contributed by atoms with van der Waals surface area (Å²) in [6.45, 7) is 3.95. The number of rotatable bonds is 3. The quantitative estimate of drug-likeness (QED) is 0.860. The first kappa shape index (κ1) is 16.1. The van der Waals surface area contributed by atoms with E-state index in [9.17, 15) is 9.59 Å². The Bertz CT molecular complexity index is 828. The van der Waals surface area contributed by atoms with Crippen LogP contribution in [0.4, 0.5) is 0 Å². The third-order valence-corrected chi connectivity index (χ3v) is 5.60. The highest BCUT2D eigenvalue weighted by molar-refractivity contribution is 5.89. The molecule has 6 nitrogen and oxygen atoms in total. The molecule has 2 aliphatic heterocycles. The fourth-order valence-corrected chi connectivity index (χ4v) is 4.24. The Morgan fingerprint density at radius 3 is 2.84 bits per heavy atom. The average Bonchev–Trinajstić information content (AvgIpc) is 3.32. The molecule has 0 radical (unpaired) electrons. The van der Waals surface area contributed by atoms with Crippen molar-refractivity contribution in [2.24, 2.45) is 13.0 Å². The minimum atomic E-state index is -0.206. The fraction of sp³-hybridized carbons (Fsp3) is 0.526. The van der Waals surface area contributed by atoms with Gasteiger partial charge in [0, 0.05) is 33.1 Å². The lowest BCUT2D eigenvalue weighted by atomic mass is 10.1. The molecule has 1 aromatic carbocycles. The zero-order chi connectivity index (χ0) is 17.6. The highest BCUT2D eigenvalue weighted by atomic mass is 16.2. The van der Waals surface area contributed by atoms with Gasteiger partial charge in [-0.2, -0.15) is 0 Å². The van der Waals surface area contributed by atoms with Crippen molar-refractivity contribution < 1.29 is 9.59 Å². The molecule has 132 valence electrons. The summed E-state index contributed by atoms with van der Waals surface area (Å²) in [5.41, 5.74) is 2.05. The van der Waals surface area contributed by atoms with Gasteiger partial charge in [0.1, 0.15) is 5.82 Å². The van der Waals surface area contributed by atoms with E-state index in [1.54, 1.807) is 4.90 Å². The molecule has 2 atom stereocenters. The van der Waals surface area contributed by atoms with Crippen molar-refractivity contribution in [2.75, 3.05) is 19.6 Å². The van der Waals surface area contributed by atoms with Crippen molar-refractivity contribution in [1.29, 1.82) is 0 Å². The van der Waals surface area contributed by atoms with Crippen molar-refractivity contribution in [2.45, 2.75) is 32.2 Å². The largest absolute Gasteiger partial charge is 0.342 e. The molecule has 2 saturated heterocycles. The molecule has 0 saturated carbocycles. The topological polar surface area (TPSA) is 58.4 Å². The van der Waals surface area contributed by atoms with E-state index < -0.39 is 0 Å². The molecule has 2 aliphatic rings. The van der Waals surface area contributed by atoms with Crippen LogP contribution in [0.1, 0.15) is 38.1 Å². The number of aryl methyl sites for hydroxylation is 1. The molecule has 2 amide bonds. The predicted octanol–water partition coefficient (Wildman–Crippen LogP) is 2.11. The normalized spacial score (nSPS) is 23.8. The number of para-hydroxylation sites is 2. The maximum atomic E-state index is 13.1. The minimum Gasteiger partial charge on any atom is -0.342 e. The van der Waals surface area contributed by atoms with Gasteiger partial charge in [0.05, 0.1) is 23.0 Å².